The van der Waals surface area contributed by atoms with Crippen molar-refractivity contribution in [3.63, 3.8) is 0 Å². The van der Waals surface area contributed by atoms with Gasteiger partial charge >= 0.3 is 0 Å². The Morgan fingerprint density at radius 2 is 1.91 bits per heavy atom. The number of hydrogen-bond donors (Lipinski definition) is 1. The van der Waals surface area contributed by atoms with E-state index in [2.05, 4.69) is 19.5 Å². The minimum absolute atomic E-state index is 0.0148. The number of nitrogens with one attached hydrogen (secondary N) is 1. The summed E-state index contributed by atoms with van der Waals surface area (Å²) < 4.78 is 31.0. The molecule has 1 saturated heterocycles. The molecular formula is C24H27FN4O2S. The minimum atomic E-state index is -1.32. The molecule has 0 saturated carbocycles. The van der Waals surface area contributed by atoms with Crippen LogP contribution >= 0.6 is 0 Å². The van der Waals surface area contributed by atoms with Crippen LogP contribution in [-0.2, 0) is 27.6 Å². The van der Waals surface area contributed by atoms with Gasteiger partial charge in [-0.3, -0.25) is 9.69 Å². The van der Waals surface area contributed by atoms with Gasteiger partial charge in [0.2, 0.25) is 5.91 Å². The molecule has 8 heteroatoms. The number of amidine groups is 1. The molecular weight excluding hydrogens is 427 g/mol. The van der Waals surface area contributed by atoms with E-state index in [0.29, 0.717) is 12.8 Å². The van der Waals surface area contributed by atoms with Gasteiger partial charge < -0.3 is 10.2 Å². The molecule has 32 heavy (non-hydrogen) atoms. The second-order valence-electron chi connectivity index (χ2n) is 9.34. The highest BCUT2D eigenvalue weighted by Crippen LogP contribution is 2.39. The summed E-state index contributed by atoms with van der Waals surface area (Å²) in [6, 6.07) is 10.8. The zero-order chi connectivity index (χ0) is 22.5. The summed E-state index contributed by atoms with van der Waals surface area (Å²) in [5.41, 5.74) is 3.10. The van der Waals surface area contributed by atoms with Crippen LogP contribution in [0.2, 0.25) is 0 Å². The van der Waals surface area contributed by atoms with Crippen molar-refractivity contribution in [3.8, 4) is 0 Å². The number of carbonyl (C=O) groups excluding carboxylic acids is 1. The molecule has 1 atom stereocenters. The number of piperazine rings is 1. The lowest BCUT2D eigenvalue weighted by molar-refractivity contribution is -0.117. The average Bonchev–Trinajstić information content (AvgIpc) is 3.09. The largest absolute Gasteiger partial charge is 0.353 e. The van der Waals surface area contributed by atoms with E-state index >= 15 is 0 Å². The lowest BCUT2D eigenvalue weighted by Gasteiger charge is -2.36. The highest BCUT2D eigenvalue weighted by molar-refractivity contribution is 7.84. The molecule has 2 aromatic rings. The maximum Gasteiger partial charge on any atom is 0.225 e. The van der Waals surface area contributed by atoms with Gasteiger partial charge in [0.15, 0.2) is 11.0 Å². The highest BCUT2D eigenvalue weighted by Gasteiger charge is 2.34. The molecule has 3 aliphatic rings. The number of nitrogens with zero attached hydrogens (tertiary/aromatic N) is 3. The normalized spacial score (nSPS) is 22.2. The Hall–Kier alpha value is -2.58. The van der Waals surface area contributed by atoms with E-state index in [-0.39, 0.29) is 17.1 Å². The number of amides is 1. The number of hydrogen-bond acceptors (Lipinski definition) is 4. The average molecular weight is 455 g/mol. The predicted molar refractivity (Wildman–Crippen MR) is 124 cm³/mol. The van der Waals surface area contributed by atoms with Crippen molar-refractivity contribution < 1.29 is 13.4 Å². The van der Waals surface area contributed by atoms with Gasteiger partial charge in [-0.25, -0.2) is 8.60 Å². The number of rotatable bonds is 3. The van der Waals surface area contributed by atoms with E-state index in [1.54, 1.807) is 12.1 Å². The first-order valence-electron chi connectivity index (χ1n) is 11.0. The summed E-state index contributed by atoms with van der Waals surface area (Å²) in [4.78, 5) is 17.5. The maximum atomic E-state index is 14.4. The molecule has 1 amide bonds. The van der Waals surface area contributed by atoms with Gasteiger partial charge in [0, 0.05) is 55.8 Å². The van der Waals surface area contributed by atoms with Gasteiger partial charge in [0.05, 0.1) is 4.90 Å². The van der Waals surface area contributed by atoms with E-state index in [0.717, 1.165) is 65.8 Å². The summed E-state index contributed by atoms with van der Waals surface area (Å²) >= 11 is 0. The Bertz CT molecular complexity index is 1140. The third-order valence-corrected chi connectivity index (χ3v) is 7.71. The molecule has 1 N–H and O–H groups in total. The fraction of sp³-hybridized carbons (Fsp3) is 0.417. The SMILES string of the molecule is CC1(C)CC(=O)Nc2c(CCN3CCN(C4=NS(=O)c5ccccc54)CC3)cc(F)cc21. The van der Waals surface area contributed by atoms with Crippen molar-refractivity contribution in [2.75, 3.05) is 38.0 Å². The number of benzene rings is 2. The van der Waals surface area contributed by atoms with Crippen molar-refractivity contribution in [1.29, 1.82) is 0 Å². The number of anilines is 1. The Balaban J connectivity index is 1.25. The van der Waals surface area contributed by atoms with Crippen LogP contribution in [-0.4, -0.2) is 58.5 Å². The fourth-order valence-corrected chi connectivity index (χ4v) is 5.90. The fourth-order valence-electron chi connectivity index (χ4n) is 4.89. The van der Waals surface area contributed by atoms with Crippen LogP contribution in [0.3, 0.4) is 0 Å². The Morgan fingerprint density at radius 3 is 2.69 bits per heavy atom. The second-order valence-corrected chi connectivity index (χ2v) is 10.5. The molecule has 2 aromatic carbocycles. The van der Waals surface area contributed by atoms with Crippen LogP contribution in [0.15, 0.2) is 45.7 Å². The van der Waals surface area contributed by atoms with Gasteiger partial charge in [-0.15, -0.1) is 0 Å². The predicted octanol–water partition coefficient (Wildman–Crippen LogP) is 3.09. The standard InChI is InChI=1S/C24H27FN4O2S/c1-24(2)15-21(30)26-22-16(13-17(25)14-19(22)24)7-8-28-9-11-29(12-10-28)23-18-5-3-4-6-20(18)32(31)27-23/h3-6,13-14H,7-12,15H2,1-2H3,(H,26,30). The molecule has 1 unspecified atom stereocenters. The lowest BCUT2D eigenvalue weighted by atomic mass is 9.77. The van der Waals surface area contributed by atoms with Crippen molar-refractivity contribution in [2.45, 2.75) is 37.0 Å². The minimum Gasteiger partial charge on any atom is -0.353 e. The molecule has 3 aliphatic heterocycles. The third kappa shape index (κ3) is 3.86. The number of halogens is 1. The van der Waals surface area contributed by atoms with Crippen LogP contribution in [0.4, 0.5) is 10.1 Å². The lowest BCUT2D eigenvalue weighted by Crippen LogP contribution is -2.49. The first-order valence-corrected chi connectivity index (χ1v) is 12.1. The van der Waals surface area contributed by atoms with Gasteiger partial charge in [0.1, 0.15) is 11.7 Å². The molecule has 0 aliphatic carbocycles. The molecule has 3 heterocycles. The Morgan fingerprint density at radius 1 is 1.16 bits per heavy atom. The van der Waals surface area contributed by atoms with E-state index in [9.17, 15) is 13.4 Å². The van der Waals surface area contributed by atoms with E-state index < -0.39 is 11.0 Å². The van der Waals surface area contributed by atoms with Crippen molar-refractivity contribution in [1.82, 2.24) is 9.80 Å². The monoisotopic (exact) mass is 454 g/mol. The van der Waals surface area contributed by atoms with E-state index in [1.807, 2.05) is 38.1 Å². The van der Waals surface area contributed by atoms with Crippen molar-refractivity contribution in [2.24, 2.45) is 4.40 Å². The quantitative estimate of drug-likeness (QED) is 0.774. The molecule has 6 nitrogen and oxygen atoms in total. The molecule has 1 fully saturated rings. The first kappa shape index (κ1) is 21.3. The summed E-state index contributed by atoms with van der Waals surface area (Å²) in [5, 5.41) is 2.98. The second kappa shape index (κ2) is 8.08. The molecule has 0 radical (unpaired) electrons. The summed E-state index contributed by atoms with van der Waals surface area (Å²) in [5.74, 6) is 0.556. The van der Waals surface area contributed by atoms with Gasteiger partial charge in [-0.05, 0) is 41.8 Å². The van der Waals surface area contributed by atoms with E-state index in [4.69, 9.17) is 0 Å². The maximum absolute atomic E-state index is 14.4. The van der Waals surface area contributed by atoms with Crippen molar-refractivity contribution in [3.05, 3.63) is 58.9 Å². The molecule has 0 aromatic heterocycles. The Labute approximate surface area is 190 Å². The zero-order valence-corrected chi connectivity index (χ0v) is 19.2. The summed E-state index contributed by atoms with van der Waals surface area (Å²) in [7, 11) is -1.32. The van der Waals surface area contributed by atoms with Gasteiger partial charge in [0.25, 0.3) is 0 Å². The highest BCUT2D eigenvalue weighted by atomic mass is 32.2. The number of fused-ring (bicyclic) bond motifs is 2. The summed E-state index contributed by atoms with van der Waals surface area (Å²) in [6.07, 6.45) is 1.03. The molecule has 0 spiro atoms. The van der Waals surface area contributed by atoms with Crippen LogP contribution in [0.1, 0.15) is 37.0 Å². The third-order valence-electron chi connectivity index (χ3n) is 6.64. The van der Waals surface area contributed by atoms with Crippen LogP contribution in [0, 0.1) is 5.82 Å². The number of carbonyl (C=O) groups is 1. The summed E-state index contributed by atoms with van der Waals surface area (Å²) in [6.45, 7) is 8.07. The Kier molecular flexibility index (Phi) is 5.37. The smallest absolute Gasteiger partial charge is 0.225 e. The van der Waals surface area contributed by atoms with Gasteiger partial charge in [-0.1, -0.05) is 26.0 Å². The molecule has 168 valence electrons. The first-order chi connectivity index (χ1) is 15.3. The molecule has 0 bridgehead atoms. The van der Waals surface area contributed by atoms with Gasteiger partial charge in [-0.2, -0.15) is 4.40 Å². The van der Waals surface area contributed by atoms with E-state index in [1.165, 1.54) is 0 Å². The zero-order valence-electron chi connectivity index (χ0n) is 18.4. The molecule has 5 rings (SSSR count). The van der Waals surface area contributed by atoms with Crippen molar-refractivity contribution >= 4 is 28.4 Å². The van der Waals surface area contributed by atoms with Crippen LogP contribution < -0.4 is 5.32 Å². The van der Waals surface area contributed by atoms with Crippen LogP contribution in [0.5, 0.6) is 0 Å². The topological polar surface area (TPSA) is 65.0 Å². The van der Waals surface area contributed by atoms with Crippen LogP contribution in [0.25, 0.3) is 0 Å².